The number of halogens is 1. The molecule has 2 heteroatoms. The van der Waals surface area contributed by atoms with Gasteiger partial charge in [-0.3, -0.25) is 0 Å². The number of unbranched alkanes of at least 4 members (excludes halogenated alkanes) is 2. The number of aromatic nitrogens is 1. The fraction of sp³-hybridized carbons (Fsp3) is 0.500. The van der Waals surface area contributed by atoms with E-state index in [9.17, 15) is 0 Å². The highest BCUT2D eigenvalue weighted by atomic mass is 35.5. The summed E-state index contributed by atoms with van der Waals surface area (Å²) in [4.78, 5) is 4.02. The Bertz CT molecular complexity index is 235. The fourth-order valence-electron chi connectivity index (χ4n) is 1.17. The zero-order chi connectivity index (χ0) is 8.81. The van der Waals surface area contributed by atoms with E-state index in [1.165, 1.54) is 24.8 Å². The van der Waals surface area contributed by atoms with Crippen LogP contribution in [-0.4, -0.2) is 4.98 Å². The first-order valence-electron chi connectivity index (χ1n) is 4.44. The summed E-state index contributed by atoms with van der Waals surface area (Å²) >= 11 is 5.89. The minimum Gasteiger partial charge on any atom is -0.244 e. The highest BCUT2D eigenvalue weighted by Gasteiger charge is 1.98. The first kappa shape index (κ1) is 9.53. The second kappa shape index (κ2) is 5.15. The first-order valence-corrected chi connectivity index (χ1v) is 4.81. The predicted octanol–water partition coefficient (Wildman–Crippen LogP) is 3.47. The SMILES string of the molecule is CCCCCc1cccnc1Cl. The highest BCUT2D eigenvalue weighted by Crippen LogP contribution is 2.14. The van der Waals surface area contributed by atoms with Crippen LogP contribution in [0, 0.1) is 0 Å². The number of nitrogens with zero attached hydrogens (tertiary/aromatic N) is 1. The van der Waals surface area contributed by atoms with E-state index in [0.717, 1.165) is 6.42 Å². The molecule has 1 aromatic rings. The molecule has 0 atom stereocenters. The van der Waals surface area contributed by atoms with Gasteiger partial charge < -0.3 is 0 Å². The molecule has 12 heavy (non-hydrogen) atoms. The van der Waals surface area contributed by atoms with Gasteiger partial charge in [-0.1, -0.05) is 37.4 Å². The fourth-order valence-corrected chi connectivity index (χ4v) is 1.39. The van der Waals surface area contributed by atoms with Gasteiger partial charge in [0.05, 0.1) is 0 Å². The van der Waals surface area contributed by atoms with E-state index in [0.29, 0.717) is 5.15 Å². The molecule has 1 rings (SSSR count). The third kappa shape index (κ3) is 2.82. The second-order valence-electron chi connectivity index (χ2n) is 2.91. The Morgan fingerprint density at radius 1 is 1.42 bits per heavy atom. The van der Waals surface area contributed by atoms with Gasteiger partial charge in [0.2, 0.25) is 0 Å². The van der Waals surface area contributed by atoms with E-state index in [-0.39, 0.29) is 0 Å². The van der Waals surface area contributed by atoms with Crippen molar-refractivity contribution in [3.63, 3.8) is 0 Å². The Morgan fingerprint density at radius 2 is 2.25 bits per heavy atom. The third-order valence-electron chi connectivity index (χ3n) is 1.89. The summed E-state index contributed by atoms with van der Waals surface area (Å²) in [5, 5.41) is 0.661. The summed E-state index contributed by atoms with van der Waals surface area (Å²) in [6, 6.07) is 3.98. The molecule has 1 heterocycles. The second-order valence-corrected chi connectivity index (χ2v) is 3.27. The monoisotopic (exact) mass is 183 g/mol. The van der Waals surface area contributed by atoms with E-state index < -0.39 is 0 Å². The van der Waals surface area contributed by atoms with Gasteiger partial charge in [-0.25, -0.2) is 4.98 Å². The van der Waals surface area contributed by atoms with Crippen molar-refractivity contribution in [1.82, 2.24) is 4.98 Å². The molecule has 1 aromatic heterocycles. The molecule has 0 fully saturated rings. The van der Waals surface area contributed by atoms with Crippen molar-refractivity contribution in [1.29, 1.82) is 0 Å². The van der Waals surface area contributed by atoms with Crippen molar-refractivity contribution in [2.45, 2.75) is 32.6 Å². The molecule has 0 bridgehead atoms. The van der Waals surface area contributed by atoms with Crippen molar-refractivity contribution in [2.75, 3.05) is 0 Å². The van der Waals surface area contributed by atoms with Crippen LogP contribution in [-0.2, 0) is 6.42 Å². The van der Waals surface area contributed by atoms with Crippen molar-refractivity contribution in [3.05, 3.63) is 29.0 Å². The van der Waals surface area contributed by atoms with Crippen LogP contribution in [0.3, 0.4) is 0 Å². The molecule has 66 valence electrons. The van der Waals surface area contributed by atoms with Crippen LogP contribution in [0.4, 0.5) is 0 Å². The van der Waals surface area contributed by atoms with Gasteiger partial charge in [-0.2, -0.15) is 0 Å². The molecule has 0 unspecified atom stereocenters. The molecule has 0 amide bonds. The quantitative estimate of drug-likeness (QED) is 0.515. The Balaban J connectivity index is 2.46. The van der Waals surface area contributed by atoms with Gasteiger partial charge in [0.25, 0.3) is 0 Å². The number of rotatable bonds is 4. The lowest BCUT2D eigenvalue weighted by atomic mass is 10.1. The number of pyridine rings is 1. The average Bonchev–Trinajstić information content (AvgIpc) is 2.09. The summed E-state index contributed by atoms with van der Waals surface area (Å²) < 4.78 is 0. The molecule has 0 aromatic carbocycles. The van der Waals surface area contributed by atoms with Crippen LogP contribution in [0.5, 0.6) is 0 Å². The van der Waals surface area contributed by atoms with E-state index in [1.54, 1.807) is 6.20 Å². The minimum absolute atomic E-state index is 0.661. The Labute approximate surface area is 78.8 Å². The largest absolute Gasteiger partial charge is 0.244 e. The van der Waals surface area contributed by atoms with Gasteiger partial charge in [0, 0.05) is 6.20 Å². The third-order valence-corrected chi connectivity index (χ3v) is 2.23. The molecule has 0 radical (unpaired) electrons. The number of hydrogen-bond donors (Lipinski definition) is 0. The van der Waals surface area contributed by atoms with Crippen LogP contribution < -0.4 is 0 Å². The zero-order valence-corrected chi connectivity index (χ0v) is 8.14. The summed E-state index contributed by atoms with van der Waals surface area (Å²) in [5.41, 5.74) is 1.17. The zero-order valence-electron chi connectivity index (χ0n) is 7.39. The van der Waals surface area contributed by atoms with E-state index >= 15 is 0 Å². The smallest absolute Gasteiger partial charge is 0.132 e. The van der Waals surface area contributed by atoms with Crippen LogP contribution in [0.2, 0.25) is 5.15 Å². The summed E-state index contributed by atoms with van der Waals surface area (Å²) in [6.45, 7) is 2.20. The van der Waals surface area contributed by atoms with Gasteiger partial charge in [0.1, 0.15) is 5.15 Å². The Kier molecular flexibility index (Phi) is 4.09. The predicted molar refractivity (Wildman–Crippen MR) is 52.5 cm³/mol. The maximum absolute atomic E-state index is 5.89. The lowest BCUT2D eigenvalue weighted by Gasteiger charge is -2.01. The summed E-state index contributed by atoms with van der Waals surface area (Å²) in [6.07, 6.45) is 6.51. The molecule has 0 saturated carbocycles. The topological polar surface area (TPSA) is 12.9 Å². The average molecular weight is 184 g/mol. The lowest BCUT2D eigenvalue weighted by Crippen LogP contribution is -1.88. The molecule has 0 aliphatic heterocycles. The van der Waals surface area contributed by atoms with Crippen molar-refractivity contribution in [3.8, 4) is 0 Å². The molecule has 0 saturated heterocycles. The summed E-state index contributed by atoms with van der Waals surface area (Å²) in [7, 11) is 0. The number of hydrogen-bond acceptors (Lipinski definition) is 1. The van der Waals surface area contributed by atoms with E-state index in [2.05, 4.69) is 11.9 Å². The van der Waals surface area contributed by atoms with Gasteiger partial charge >= 0.3 is 0 Å². The van der Waals surface area contributed by atoms with Crippen LogP contribution in [0.25, 0.3) is 0 Å². The molecule has 0 spiro atoms. The normalized spacial score (nSPS) is 10.2. The van der Waals surface area contributed by atoms with E-state index in [1.807, 2.05) is 12.1 Å². The maximum atomic E-state index is 5.89. The molecule has 0 aliphatic carbocycles. The van der Waals surface area contributed by atoms with Crippen LogP contribution >= 0.6 is 11.6 Å². The van der Waals surface area contributed by atoms with Gasteiger partial charge in [-0.05, 0) is 24.5 Å². The van der Waals surface area contributed by atoms with Gasteiger partial charge in [-0.15, -0.1) is 0 Å². The molecule has 0 N–H and O–H groups in total. The Morgan fingerprint density at radius 3 is 2.92 bits per heavy atom. The van der Waals surface area contributed by atoms with Gasteiger partial charge in [0.15, 0.2) is 0 Å². The van der Waals surface area contributed by atoms with Crippen LogP contribution in [0.15, 0.2) is 18.3 Å². The first-order chi connectivity index (χ1) is 5.84. The standard InChI is InChI=1S/C10H14ClN/c1-2-3-4-6-9-7-5-8-12-10(9)11/h5,7-8H,2-4,6H2,1H3. The molecular weight excluding hydrogens is 170 g/mol. The lowest BCUT2D eigenvalue weighted by molar-refractivity contribution is 0.716. The molecule has 0 aliphatic rings. The van der Waals surface area contributed by atoms with E-state index in [4.69, 9.17) is 11.6 Å². The maximum Gasteiger partial charge on any atom is 0.132 e. The molecular formula is C10H14ClN. The molecule has 1 nitrogen and oxygen atoms in total. The minimum atomic E-state index is 0.661. The van der Waals surface area contributed by atoms with Crippen LogP contribution in [0.1, 0.15) is 31.7 Å². The highest BCUT2D eigenvalue weighted by molar-refractivity contribution is 6.30. The number of aryl methyl sites for hydroxylation is 1. The summed E-state index contributed by atoms with van der Waals surface area (Å²) in [5.74, 6) is 0. The Hall–Kier alpha value is -0.560. The van der Waals surface area contributed by atoms with Crippen molar-refractivity contribution in [2.24, 2.45) is 0 Å². The van der Waals surface area contributed by atoms with Crippen molar-refractivity contribution >= 4 is 11.6 Å². The van der Waals surface area contributed by atoms with Crippen molar-refractivity contribution < 1.29 is 0 Å².